The number of carbonyl (C=O) groups excluding carboxylic acids is 1. The number of rotatable bonds is 6. The van der Waals surface area contributed by atoms with Crippen molar-refractivity contribution in [3.05, 3.63) is 35.7 Å². The van der Waals surface area contributed by atoms with Crippen molar-refractivity contribution in [2.24, 2.45) is 0 Å². The van der Waals surface area contributed by atoms with E-state index in [1.165, 1.54) is 17.8 Å². The summed E-state index contributed by atoms with van der Waals surface area (Å²) in [4.78, 5) is 15.9. The second-order valence-corrected chi connectivity index (χ2v) is 5.22. The smallest absolute Gasteiger partial charge is 0.234 e. The Morgan fingerprint density at radius 2 is 2.19 bits per heavy atom. The van der Waals surface area contributed by atoms with Crippen molar-refractivity contribution < 1.29 is 13.6 Å². The zero-order chi connectivity index (χ0) is 15.2. The molecule has 2 aromatic rings. The van der Waals surface area contributed by atoms with Gasteiger partial charge in [-0.2, -0.15) is 0 Å². The summed E-state index contributed by atoms with van der Waals surface area (Å²) in [5.74, 6) is -1.43. The summed E-state index contributed by atoms with van der Waals surface area (Å²) in [6, 6.07) is 3.20. The number of hydrogen-bond acceptors (Lipinski definition) is 4. The van der Waals surface area contributed by atoms with E-state index in [1.54, 1.807) is 0 Å². The maximum absolute atomic E-state index is 13.0. The zero-order valence-corrected chi connectivity index (χ0v) is 12.1. The molecule has 0 fully saturated rings. The molecule has 8 heteroatoms. The number of thioether (sulfide) groups is 1. The number of carbonyl (C=O) groups is 1. The Kier molecular flexibility index (Phi) is 5.26. The minimum Gasteiger partial charge on any atom is -0.325 e. The molecular formula is C13H14F2N4OS. The molecule has 0 saturated carbocycles. The Hall–Kier alpha value is -1.96. The molecule has 1 amide bonds. The summed E-state index contributed by atoms with van der Waals surface area (Å²) >= 11 is 1.17. The molecule has 1 aromatic carbocycles. The minimum atomic E-state index is -1.00. The van der Waals surface area contributed by atoms with Crippen molar-refractivity contribution in [3.8, 4) is 0 Å². The van der Waals surface area contributed by atoms with Gasteiger partial charge in [0.15, 0.2) is 11.6 Å². The quantitative estimate of drug-likeness (QED) is 0.805. The molecule has 0 aliphatic heterocycles. The molecule has 112 valence electrons. The molecule has 0 bridgehead atoms. The number of aromatic amines is 1. The van der Waals surface area contributed by atoms with E-state index in [9.17, 15) is 13.6 Å². The number of nitrogens with one attached hydrogen (secondary N) is 2. The number of amides is 1. The van der Waals surface area contributed by atoms with Gasteiger partial charge in [-0.3, -0.25) is 9.89 Å². The van der Waals surface area contributed by atoms with Gasteiger partial charge >= 0.3 is 0 Å². The number of anilines is 1. The Labute approximate surface area is 124 Å². The Morgan fingerprint density at radius 3 is 2.90 bits per heavy atom. The van der Waals surface area contributed by atoms with Gasteiger partial charge < -0.3 is 5.32 Å². The predicted molar refractivity (Wildman–Crippen MR) is 76.1 cm³/mol. The summed E-state index contributed by atoms with van der Waals surface area (Å²) in [5, 5.41) is 9.73. The minimum absolute atomic E-state index is 0.0857. The summed E-state index contributed by atoms with van der Waals surface area (Å²) in [6.07, 6.45) is 1.75. The first-order valence-corrected chi connectivity index (χ1v) is 7.36. The fourth-order valence-corrected chi connectivity index (χ4v) is 2.21. The Bertz CT molecular complexity index is 632. The topological polar surface area (TPSA) is 70.7 Å². The normalized spacial score (nSPS) is 10.6. The van der Waals surface area contributed by atoms with Gasteiger partial charge in [-0.1, -0.05) is 18.7 Å². The molecule has 21 heavy (non-hydrogen) atoms. The fourth-order valence-electron chi connectivity index (χ4n) is 1.59. The molecule has 0 aliphatic rings. The highest BCUT2D eigenvalue weighted by atomic mass is 32.2. The van der Waals surface area contributed by atoms with Gasteiger partial charge in [0.2, 0.25) is 11.1 Å². The third kappa shape index (κ3) is 4.52. The highest BCUT2D eigenvalue weighted by Crippen LogP contribution is 2.16. The second kappa shape index (κ2) is 7.16. The van der Waals surface area contributed by atoms with Crippen LogP contribution in [0.3, 0.4) is 0 Å². The predicted octanol–water partition coefficient (Wildman–Crippen LogP) is 2.77. The van der Waals surface area contributed by atoms with Gasteiger partial charge in [-0.05, 0) is 18.6 Å². The number of H-pyrrole nitrogens is 1. The van der Waals surface area contributed by atoms with E-state index in [1.807, 2.05) is 6.92 Å². The number of hydrogen-bond donors (Lipinski definition) is 2. The third-order valence-corrected chi connectivity index (χ3v) is 3.38. The largest absolute Gasteiger partial charge is 0.325 e. The van der Waals surface area contributed by atoms with Gasteiger partial charge in [0.1, 0.15) is 5.82 Å². The lowest BCUT2D eigenvalue weighted by molar-refractivity contribution is -0.113. The van der Waals surface area contributed by atoms with E-state index < -0.39 is 11.6 Å². The van der Waals surface area contributed by atoms with E-state index >= 15 is 0 Å². The van der Waals surface area contributed by atoms with Crippen molar-refractivity contribution in [1.82, 2.24) is 15.2 Å². The van der Waals surface area contributed by atoms with Gasteiger partial charge in [0.05, 0.1) is 5.75 Å². The molecular weight excluding hydrogens is 298 g/mol. The van der Waals surface area contributed by atoms with Crippen LogP contribution in [0.4, 0.5) is 14.5 Å². The first kappa shape index (κ1) is 15.4. The first-order chi connectivity index (χ1) is 10.1. The highest BCUT2D eigenvalue weighted by Gasteiger charge is 2.09. The van der Waals surface area contributed by atoms with Crippen molar-refractivity contribution >= 4 is 23.4 Å². The summed E-state index contributed by atoms with van der Waals surface area (Å²) < 4.78 is 25.8. The number of aromatic nitrogens is 3. The second-order valence-electron chi connectivity index (χ2n) is 4.28. The van der Waals surface area contributed by atoms with Crippen LogP contribution in [-0.2, 0) is 11.2 Å². The lowest BCUT2D eigenvalue weighted by Gasteiger charge is -2.04. The molecule has 1 aromatic heterocycles. The molecule has 0 saturated heterocycles. The molecule has 0 aliphatic carbocycles. The van der Waals surface area contributed by atoms with E-state index in [-0.39, 0.29) is 17.3 Å². The van der Waals surface area contributed by atoms with Crippen LogP contribution in [-0.4, -0.2) is 26.8 Å². The average Bonchev–Trinajstić information content (AvgIpc) is 2.89. The molecule has 2 N–H and O–H groups in total. The molecule has 0 radical (unpaired) electrons. The molecule has 2 rings (SSSR count). The lowest BCUT2D eigenvalue weighted by Crippen LogP contribution is -2.14. The van der Waals surface area contributed by atoms with E-state index in [0.717, 1.165) is 30.8 Å². The zero-order valence-electron chi connectivity index (χ0n) is 11.3. The molecule has 0 unspecified atom stereocenters. The highest BCUT2D eigenvalue weighted by molar-refractivity contribution is 7.99. The van der Waals surface area contributed by atoms with E-state index in [4.69, 9.17) is 0 Å². The maximum Gasteiger partial charge on any atom is 0.234 e. The van der Waals surface area contributed by atoms with Crippen LogP contribution in [0.15, 0.2) is 23.4 Å². The van der Waals surface area contributed by atoms with Crippen molar-refractivity contribution in [2.45, 2.75) is 24.9 Å². The number of aryl methyl sites for hydroxylation is 1. The SMILES string of the molecule is CCCc1nc(SCC(=O)Nc2ccc(F)c(F)c2)n[nH]1. The van der Waals surface area contributed by atoms with Gasteiger partial charge in [0, 0.05) is 18.2 Å². The van der Waals surface area contributed by atoms with Gasteiger partial charge in [0.25, 0.3) is 0 Å². The summed E-state index contributed by atoms with van der Waals surface area (Å²) in [6.45, 7) is 2.03. The summed E-state index contributed by atoms with van der Waals surface area (Å²) in [7, 11) is 0. The fraction of sp³-hybridized carbons (Fsp3) is 0.308. The average molecular weight is 312 g/mol. The van der Waals surface area contributed by atoms with Crippen LogP contribution in [0.5, 0.6) is 0 Å². The van der Waals surface area contributed by atoms with Crippen LogP contribution in [0.1, 0.15) is 19.2 Å². The summed E-state index contributed by atoms with van der Waals surface area (Å²) in [5.41, 5.74) is 0.209. The third-order valence-electron chi connectivity index (χ3n) is 2.53. The number of nitrogens with zero attached hydrogens (tertiary/aromatic N) is 2. The van der Waals surface area contributed by atoms with Crippen LogP contribution in [0.2, 0.25) is 0 Å². The molecule has 0 atom stereocenters. The van der Waals surface area contributed by atoms with Crippen molar-refractivity contribution in [1.29, 1.82) is 0 Å². The van der Waals surface area contributed by atoms with Crippen LogP contribution in [0, 0.1) is 11.6 Å². The Morgan fingerprint density at radius 1 is 1.38 bits per heavy atom. The molecule has 5 nitrogen and oxygen atoms in total. The maximum atomic E-state index is 13.0. The van der Waals surface area contributed by atoms with E-state index in [2.05, 4.69) is 20.5 Å². The monoisotopic (exact) mass is 312 g/mol. The van der Waals surface area contributed by atoms with Crippen LogP contribution < -0.4 is 5.32 Å². The van der Waals surface area contributed by atoms with Crippen molar-refractivity contribution in [2.75, 3.05) is 11.1 Å². The molecule has 1 heterocycles. The standard InChI is InChI=1S/C13H14F2N4OS/c1-2-3-11-17-13(19-18-11)21-7-12(20)16-8-4-5-9(14)10(15)6-8/h4-6H,2-3,7H2,1H3,(H,16,20)(H,17,18,19). The van der Waals surface area contributed by atoms with Crippen molar-refractivity contribution in [3.63, 3.8) is 0 Å². The van der Waals surface area contributed by atoms with E-state index in [0.29, 0.717) is 5.16 Å². The lowest BCUT2D eigenvalue weighted by atomic mass is 10.3. The van der Waals surface area contributed by atoms with Crippen LogP contribution >= 0.6 is 11.8 Å². The first-order valence-electron chi connectivity index (χ1n) is 6.37. The molecule has 0 spiro atoms. The Balaban J connectivity index is 1.85. The van der Waals surface area contributed by atoms with Gasteiger partial charge in [-0.25, -0.2) is 13.8 Å². The van der Waals surface area contributed by atoms with Gasteiger partial charge in [-0.15, -0.1) is 5.10 Å². The van der Waals surface area contributed by atoms with Crippen LogP contribution in [0.25, 0.3) is 0 Å². The number of halogens is 2. The number of benzene rings is 1.